The minimum Gasteiger partial charge on any atom is -0.338 e. The lowest BCUT2D eigenvalue weighted by Gasteiger charge is -2.31. The van der Waals surface area contributed by atoms with Gasteiger partial charge >= 0.3 is 0 Å². The molecule has 1 saturated carbocycles. The highest BCUT2D eigenvalue weighted by Gasteiger charge is 2.59. The molecule has 106 valence electrons. The smallest absolute Gasteiger partial charge is 0.241 e. The van der Waals surface area contributed by atoms with E-state index in [1.807, 2.05) is 7.05 Å². The molecule has 0 amide bonds. The number of hydrogen-bond acceptors (Lipinski definition) is 5. The van der Waals surface area contributed by atoms with E-state index in [0.29, 0.717) is 41.6 Å². The van der Waals surface area contributed by atoms with Gasteiger partial charge in [0.05, 0.1) is 0 Å². The van der Waals surface area contributed by atoms with Gasteiger partial charge in [-0.05, 0) is 32.7 Å². The van der Waals surface area contributed by atoms with Gasteiger partial charge in [-0.3, -0.25) is 4.90 Å². The van der Waals surface area contributed by atoms with Crippen LogP contribution >= 0.6 is 11.6 Å². The fraction of sp³-hybridized carbons (Fsp3) is 0.846. The van der Waals surface area contributed by atoms with Crippen LogP contribution in [0.2, 0.25) is 0 Å². The fourth-order valence-corrected chi connectivity index (χ4v) is 3.40. The molecule has 0 spiro atoms. The van der Waals surface area contributed by atoms with Gasteiger partial charge in [0.1, 0.15) is 5.88 Å². The standard InChI is InChI=1S/C13H21ClN4O/c1-7(15-3)8(2)18-5-9-10(6-18)12(9)13-16-11(4-14)19-17-13/h7-10,12,15H,4-6H2,1-3H3/t7-,8?,9-,10+,12?/m0/s1. The SMILES string of the molecule is CN[C@@H](C)C(C)N1C[C@@H]2C(c3noc(CCl)n3)[C@@H]2C1. The van der Waals surface area contributed by atoms with Gasteiger partial charge in [-0.1, -0.05) is 5.16 Å². The van der Waals surface area contributed by atoms with E-state index in [1.54, 1.807) is 0 Å². The minimum absolute atomic E-state index is 0.303. The Hall–Kier alpha value is -0.650. The number of rotatable bonds is 5. The van der Waals surface area contributed by atoms with E-state index in [-0.39, 0.29) is 0 Å². The largest absolute Gasteiger partial charge is 0.338 e. The number of aromatic nitrogens is 2. The van der Waals surface area contributed by atoms with Crippen LogP contribution in [0.25, 0.3) is 0 Å². The van der Waals surface area contributed by atoms with Gasteiger partial charge in [0.15, 0.2) is 5.82 Å². The lowest BCUT2D eigenvalue weighted by molar-refractivity contribution is 0.193. The molecular weight excluding hydrogens is 264 g/mol. The Morgan fingerprint density at radius 2 is 2.11 bits per heavy atom. The maximum Gasteiger partial charge on any atom is 0.241 e. The Labute approximate surface area is 118 Å². The molecule has 3 rings (SSSR count). The van der Waals surface area contributed by atoms with Crippen LogP contribution in [-0.4, -0.2) is 47.3 Å². The molecule has 1 aliphatic carbocycles. The number of halogens is 1. The number of alkyl halides is 1. The quantitative estimate of drug-likeness (QED) is 0.830. The zero-order valence-corrected chi connectivity index (χ0v) is 12.4. The van der Waals surface area contributed by atoms with Crippen LogP contribution in [0.1, 0.15) is 31.5 Å². The second-order valence-electron chi connectivity index (χ2n) is 5.81. The van der Waals surface area contributed by atoms with Crippen molar-refractivity contribution < 1.29 is 4.52 Å². The first-order valence-electron chi connectivity index (χ1n) is 6.95. The molecular formula is C13H21ClN4O. The normalized spacial score (nSPS) is 33.2. The van der Waals surface area contributed by atoms with Crippen LogP contribution in [0, 0.1) is 11.8 Å². The molecule has 2 aliphatic rings. The summed E-state index contributed by atoms with van der Waals surface area (Å²) in [4.78, 5) is 6.92. The number of likely N-dealkylation sites (tertiary alicyclic amines) is 1. The summed E-state index contributed by atoms with van der Waals surface area (Å²) in [6.45, 7) is 6.82. The number of piperidine rings is 1. The Bertz CT molecular complexity index is 440. The first-order chi connectivity index (χ1) is 9.15. The molecule has 5 atom stereocenters. The van der Waals surface area contributed by atoms with E-state index in [2.05, 4.69) is 34.2 Å². The zero-order chi connectivity index (χ0) is 13.6. The monoisotopic (exact) mass is 284 g/mol. The highest BCUT2D eigenvalue weighted by molar-refractivity contribution is 6.16. The van der Waals surface area contributed by atoms with Crippen molar-refractivity contribution in [2.75, 3.05) is 20.1 Å². The highest BCUT2D eigenvalue weighted by Crippen LogP contribution is 2.57. The average molecular weight is 285 g/mol. The highest BCUT2D eigenvalue weighted by atomic mass is 35.5. The van der Waals surface area contributed by atoms with Crippen molar-refractivity contribution in [1.82, 2.24) is 20.4 Å². The molecule has 1 aliphatic heterocycles. The molecule has 6 heteroatoms. The van der Waals surface area contributed by atoms with Crippen molar-refractivity contribution in [3.63, 3.8) is 0 Å². The number of nitrogens with one attached hydrogen (secondary N) is 1. The summed E-state index contributed by atoms with van der Waals surface area (Å²) in [5.41, 5.74) is 0. The molecule has 1 aromatic rings. The molecule has 19 heavy (non-hydrogen) atoms. The third kappa shape index (κ3) is 2.28. The lowest BCUT2D eigenvalue weighted by Crippen LogP contribution is -2.45. The van der Waals surface area contributed by atoms with Gasteiger partial charge in [-0.25, -0.2) is 0 Å². The summed E-state index contributed by atoms with van der Waals surface area (Å²) >= 11 is 5.69. The Kier molecular flexibility index (Phi) is 3.53. The van der Waals surface area contributed by atoms with Crippen molar-refractivity contribution >= 4 is 11.6 Å². The predicted molar refractivity (Wildman–Crippen MR) is 73.1 cm³/mol. The number of nitrogens with zero attached hydrogens (tertiary/aromatic N) is 3. The maximum absolute atomic E-state index is 5.69. The van der Waals surface area contributed by atoms with Gasteiger partial charge < -0.3 is 9.84 Å². The summed E-state index contributed by atoms with van der Waals surface area (Å²) in [5, 5.41) is 7.38. The maximum atomic E-state index is 5.69. The lowest BCUT2D eigenvalue weighted by atomic mass is 10.1. The molecule has 1 N–H and O–H groups in total. The van der Waals surface area contributed by atoms with Gasteiger partial charge in [0.25, 0.3) is 0 Å². The number of fused-ring (bicyclic) bond motifs is 1. The molecule has 0 aromatic carbocycles. The fourth-order valence-electron chi connectivity index (χ4n) is 3.29. The summed E-state index contributed by atoms with van der Waals surface area (Å²) < 4.78 is 5.09. The summed E-state index contributed by atoms with van der Waals surface area (Å²) in [7, 11) is 2.02. The van der Waals surface area contributed by atoms with Crippen molar-refractivity contribution in [3.8, 4) is 0 Å². The molecule has 1 aromatic heterocycles. The minimum atomic E-state index is 0.303. The van der Waals surface area contributed by atoms with Crippen molar-refractivity contribution in [2.45, 2.75) is 37.7 Å². The van der Waals surface area contributed by atoms with E-state index in [4.69, 9.17) is 16.1 Å². The number of hydrogen-bond donors (Lipinski definition) is 1. The Morgan fingerprint density at radius 3 is 2.63 bits per heavy atom. The van der Waals surface area contributed by atoms with Crippen LogP contribution in [0.3, 0.4) is 0 Å². The van der Waals surface area contributed by atoms with E-state index in [0.717, 1.165) is 18.9 Å². The van der Waals surface area contributed by atoms with Crippen LogP contribution in [-0.2, 0) is 5.88 Å². The first-order valence-corrected chi connectivity index (χ1v) is 7.49. The molecule has 0 bridgehead atoms. The third-order valence-corrected chi connectivity index (χ3v) is 5.10. The summed E-state index contributed by atoms with van der Waals surface area (Å²) in [6.07, 6.45) is 0. The summed E-state index contributed by atoms with van der Waals surface area (Å²) in [5.74, 6) is 3.60. The van der Waals surface area contributed by atoms with Crippen LogP contribution in [0.5, 0.6) is 0 Å². The number of likely N-dealkylation sites (N-methyl/N-ethyl adjacent to an activating group) is 1. The molecule has 1 saturated heterocycles. The molecule has 2 unspecified atom stereocenters. The van der Waals surface area contributed by atoms with Gasteiger partial charge in [-0.2, -0.15) is 4.98 Å². The molecule has 2 fully saturated rings. The first kappa shape index (κ1) is 13.3. The third-order valence-electron chi connectivity index (χ3n) is 4.87. The van der Waals surface area contributed by atoms with Crippen molar-refractivity contribution in [2.24, 2.45) is 11.8 Å². The van der Waals surface area contributed by atoms with Gasteiger partial charge in [-0.15, -0.1) is 11.6 Å². The second-order valence-corrected chi connectivity index (χ2v) is 6.07. The van der Waals surface area contributed by atoms with Crippen LogP contribution in [0.4, 0.5) is 0 Å². The van der Waals surface area contributed by atoms with Gasteiger partial charge in [0.2, 0.25) is 5.89 Å². The van der Waals surface area contributed by atoms with E-state index in [9.17, 15) is 0 Å². The topological polar surface area (TPSA) is 54.2 Å². The summed E-state index contributed by atoms with van der Waals surface area (Å²) in [6, 6.07) is 1.09. The zero-order valence-electron chi connectivity index (χ0n) is 11.6. The van der Waals surface area contributed by atoms with E-state index < -0.39 is 0 Å². The molecule has 5 nitrogen and oxygen atoms in total. The van der Waals surface area contributed by atoms with E-state index >= 15 is 0 Å². The van der Waals surface area contributed by atoms with Crippen molar-refractivity contribution in [1.29, 1.82) is 0 Å². The average Bonchev–Trinajstić information content (AvgIpc) is 2.87. The Morgan fingerprint density at radius 1 is 1.42 bits per heavy atom. The molecule has 2 heterocycles. The van der Waals surface area contributed by atoms with Crippen molar-refractivity contribution in [3.05, 3.63) is 11.7 Å². The van der Waals surface area contributed by atoms with Crippen LogP contribution in [0.15, 0.2) is 4.52 Å². The van der Waals surface area contributed by atoms with E-state index in [1.165, 1.54) is 0 Å². The Balaban J connectivity index is 1.58. The second kappa shape index (κ2) is 5.04. The van der Waals surface area contributed by atoms with Crippen LogP contribution < -0.4 is 5.32 Å². The predicted octanol–water partition coefficient (Wildman–Crippen LogP) is 1.45. The van der Waals surface area contributed by atoms with Gasteiger partial charge in [0, 0.05) is 31.1 Å². The molecule has 0 radical (unpaired) electrons.